The predicted molar refractivity (Wildman–Crippen MR) is 217 cm³/mol. The number of rotatable bonds is 4. The summed E-state index contributed by atoms with van der Waals surface area (Å²) < 4.78 is 9.06. The van der Waals surface area contributed by atoms with Crippen LogP contribution in [-0.2, 0) is 0 Å². The molecule has 0 saturated carbocycles. The fourth-order valence-electron chi connectivity index (χ4n) is 8.22. The number of nitrogens with zero attached hydrogens (tertiary/aromatic N) is 2. The van der Waals surface area contributed by atoms with Gasteiger partial charge in [-0.05, 0) is 76.0 Å². The minimum Gasteiger partial charge on any atom is -0.455 e. The van der Waals surface area contributed by atoms with E-state index in [1.54, 1.807) is 0 Å². The standard InChI is InChI=1S/C49H30N2O/c1-2-14-32(15-3-1)44-30-42(48-36-16-5-4-13-31(36)25-26-43(48)50-44)34-27-33(37-20-12-21-41-40-19-8-11-24-47(40)52-49(37)41)28-35(29-34)51-45-22-9-6-17-38(45)39-18-7-10-23-46(39)51/h1-30H. The van der Waals surface area contributed by atoms with Crippen LogP contribution in [0.1, 0.15) is 0 Å². The SMILES string of the molecule is c1ccc(-c2cc(-c3cc(-c4cccc5c4oc4ccccc45)cc(-n4c5ccccc5c5ccccc54)c3)c3c(ccc4ccccc43)n2)cc1. The second kappa shape index (κ2) is 11.3. The van der Waals surface area contributed by atoms with E-state index in [9.17, 15) is 0 Å². The Bertz CT molecular complexity index is 3130. The highest BCUT2D eigenvalue weighted by atomic mass is 16.3. The first-order valence-corrected chi connectivity index (χ1v) is 17.7. The first kappa shape index (κ1) is 28.8. The summed E-state index contributed by atoms with van der Waals surface area (Å²) in [7, 11) is 0. The first-order valence-electron chi connectivity index (χ1n) is 17.7. The molecule has 242 valence electrons. The molecule has 0 N–H and O–H groups in total. The molecule has 0 aliphatic carbocycles. The number of hydrogen-bond donors (Lipinski definition) is 0. The van der Waals surface area contributed by atoms with Gasteiger partial charge in [-0.1, -0.05) is 133 Å². The minimum absolute atomic E-state index is 0.892. The number of hydrogen-bond acceptors (Lipinski definition) is 2. The Morgan fingerprint density at radius 3 is 1.85 bits per heavy atom. The van der Waals surface area contributed by atoms with Gasteiger partial charge < -0.3 is 8.98 Å². The molecule has 0 amide bonds. The van der Waals surface area contributed by atoms with Crippen LogP contribution < -0.4 is 0 Å². The van der Waals surface area contributed by atoms with Crippen molar-refractivity contribution in [3.8, 4) is 39.2 Å². The monoisotopic (exact) mass is 662 g/mol. The normalized spacial score (nSPS) is 11.8. The molecule has 3 heteroatoms. The van der Waals surface area contributed by atoms with Crippen molar-refractivity contribution >= 4 is 65.4 Å². The van der Waals surface area contributed by atoms with Crippen LogP contribution >= 0.6 is 0 Å². The number of pyridine rings is 1. The quantitative estimate of drug-likeness (QED) is 0.176. The molecule has 11 aromatic rings. The van der Waals surface area contributed by atoms with Crippen LogP contribution in [0.4, 0.5) is 0 Å². The zero-order chi connectivity index (χ0) is 34.2. The summed E-state index contributed by atoms with van der Waals surface area (Å²) in [6.45, 7) is 0. The smallest absolute Gasteiger partial charge is 0.143 e. The molecule has 0 unspecified atom stereocenters. The predicted octanol–water partition coefficient (Wildman–Crippen LogP) is 13.4. The Hall–Kier alpha value is -6.97. The number of fused-ring (bicyclic) bond motifs is 9. The van der Waals surface area contributed by atoms with E-state index >= 15 is 0 Å². The second-order valence-electron chi connectivity index (χ2n) is 13.5. The topological polar surface area (TPSA) is 31.0 Å². The van der Waals surface area contributed by atoms with Gasteiger partial charge in [0, 0.05) is 43.7 Å². The molecule has 0 bridgehead atoms. The molecule has 0 radical (unpaired) electrons. The maximum absolute atomic E-state index is 6.64. The van der Waals surface area contributed by atoms with Crippen LogP contribution in [0.2, 0.25) is 0 Å². The van der Waals surface area contributed by atoms with Gasteiger partial charge in [-0.15, -0.1) is 0 Å². The van der Waals surface area contributed by atoms with E-state index in [4.69, 9.17) is 9.40 Å². The summed E-state index contributed by atoms with van der Waals surface area (Å²) in [5.41, 5.74) is 12.6. The molecule has 0 aliphatic rings. The maximum Gasteiger partial charge on any atom is 0.143 e. The van der Waals surface area contributed by atoms with E-state index in [0.29, 0.717) is 0 Å². The lowest BCUT2D eigenvalue weighted by molar-refractivity contribution is 0.670. The van der Waals surface area contributed by atoms with Crippen molar-refractivity contribution in [2.45, 2.75) is 0 Å². The van der Waals surface area contributed by atoms with Gasteiger partial charge in [-0.3, -0.25) is 0 Å². The molecule has 52 heavy (non-hydrogen) atoms. The third-order valence-corrected chi connectivity index (χ3v) is 10.6. The fraction of sp³-hybridized carbons (Fsp3) is 0. The van der Waals surface area contributed by atoms with E-state index in [0.717, 1.165) is 72.0 Å². The lowest BCUT2D eigenvalue weighted by atomic mass is 9.92. The average Bonchev–Trinajstić information content (AvgIpc) is 3.76. The molecule has 3 nitrogen and oxygen atoms in total. The lowest BCUT2D eigenvalue weighted by Crippen LogP contribution is -1.97. The Labute approximate surface area is 299 Å². The van der Waals surface area contributed by atoms with Gasteiger partial charge in [-0.2, -0.15) is 0 Å². The number of para-hydroxylation sites is 4. The van der Waals surface area contributed by atoms with E-state index in [2.05, 4.69) is 180 Å². The van der Waals surface area contributed by atoms with Gasteiger partial charge in [0.05, 0.1) is 22.2 Å². The van der Waals surface area contributed by atoms with Gasteiger partial charge in [0.2, 0.25) is 0 Å². The van der Waals surface area contributed by atoms with Crippen LogP contribution in [0.5, 0.6) is 0 Å². The van der Waals surface area contributed by atoms with Crippen molar-refractivity contribution in [1.82, 2.24) is 9.55 Å². The average molecular weight is 663 g/mol. The fourth-order valence-corrected chi connectivity index (χ4v) is 8.22. The minimum atomic E-state index is 0.892. The Morgan fingerprint density at radius 2 is 1.06 bits per heavy atom. The van der Waals surface area contributed by atoms with Crippen LogP contribution in [0.25, 0.3) is 105 Å². The summed E-state index contributed by atoms with van der Waals surface area (Å²) in [4.78, 5) is 5.26. The Morgan fingerprint density at radius 1 is 0.423 bits per heavy atom. The van der Waals surface area contributed by atoms with E-state index in [1.165, 1.54) is 32.6 Å². The molecule has 3 heterocycles. The van der Waals surface area contributed by atoms with Gasteiger partial charge in [0.1, 0.15) is 11.2 Å². The maximum atomic E-state index is 6.64. The zero-order valence-corrected chi connectivity index (χ0v) is 28.1. The van der Waals surface area contributed by atoms with Crippen molar-refractivity contribution in [2.75, 3.05) is 0 Å². The second-order valence-corrected chi connectivity index (χ2v) is 13.5. The molecule has 8 aromatic carbocycles. The third-order valence-electron chi connectivity index (χ3n) is 10.6. The highest BCUT2D eigenvalue weighted by molar-refractivity contribution is 6.15. The zero-order valence-electron chi connectivity index (χ0n) is 28.1. The molecule has 0 aliphatic heterocycles. The molecule has 0 spiro atoms. The lowest BCUT2D eigenvalue weighted by Gasteiger charge is -2.17. The summed E-state index contributed by atoms with van der Waals surface area (Å²) in [6.07, 6.45) is 0. The van der Waals surface area contributed by atoms with Crippen molar-refractivity contribution in [2.24, 2.45) is 0 Å². The van der Waals surface area contributed by atoms with Crippen LogP contribution in [0, 0.1) is 0 Å². The number of aromatic nitrogens is 2. The molecular weight excluding hydrogens is 633 g/mol. The largest absolute Gasteiger partial charge is 0.455 e. The summed E-state index contributed by atoms with van der Waals surface area (Å²) in [5.74, 6) is 0. The molecule has 0 atom stereocenters. The van der Waals surface area contributed by atoms with Gasteiger partial charge >= 0.3 is 0 Å². The number of benzene rings is 8. The summed E-state index contributed by atoms with van der Waals surface area (Å²) >= 11 is 0. The van der Waals surface area contributed by atoms with Crippen LogP contribution in [0.15, 0.2) is 186 Å². The van der Waals surface area contributed by atoms with Crippen molar-refractivity contribution in [3.05, 3.63) is 182 Å². The van der Waals surface area contributed by atoms with Crippen molar-refractivity contribution < 1.29 is 4.42 Å². The highest BCUT2D eigenvalue weighted by Gasteiger charge is 2.19. The number of furan rings is 1. The summed E-state index contributed by atoms with van der Waals surface area (Å²) in [6, 6.07) is 65.0. The summed E-state index contributed by atoms with van der Waals surface area (Å²) in [5, 5.41) is 8.22. The van der Waals surface area contributed by atoms with Gasteiger partial charge in [0.15, 0.2) is 0 Å². The molecule has 11 rings (SSSR count). The third kappa shape index (κ3) is 4.36. The Kier molecular flexibility index (Phi) is 6.25. The molecule has 0 fully saturated rings. The van der Waals surface area contributed by atoms with E-state index in [-0.39, 0.29) is 0 Å². The molecule has 3 aromatic heterocycles. The molecular formula is C49H30N2O. The molecule has 0 saturated heterocycles. The van der Waals surface area contributed by atoms with Crippen molar-refractivity contribution in [3.63, 3.8) is 0 Å². The first-order chi connectivity index (χ1) is 25.8. The van der Waals surface area contributed by atoms with E-state index < -0.39 is 0 Å². The van der Waals surface area contributed by atoms with Crippen molar-refractivity contribution in [1.29, 1.82) is 0 Å². The van der Waals surface area contributed by atoms with Gasteiger partial charge in [-0.25, -0.2) is 4.98 Å². The van der Waals surface area contributed by atoms with E-state index in [1.807, 2.05) is 6.07 Å². The Balaban J connectivity index is 1.28. The van der Waals surface area contributed by atoms with Gasteiger partial charge in [0.25, 0.3) is 0 Å². The van der Waals surface area contributed by atoms with Crippen LogP contribution in [-0.4, -0.2) is 9.55 Å². The highest BCUT2D eigenvalue weighted by Crippen LogP contribution is 2.43. The van der Waals surface area contributed by atoms with Crippen LogP contribution in [0.3, 0.4) is 0 Å².